The quantitative estimate of drug-likeness (QED) is 0.606. The molecule has 1 aromatic rings. The van der Waals surface area contributed by atoms with Gasteiger partial charge in [0.1, 0.15) is 6.61 Å². The van der Waals surface area contributed by atoms with Crippen molar-refractivity contribution in [2.24, 2.45) is 0 Å². The molecule has 0 radical (unpaired) electrons. The van der Waals surface area contributed by atoms with Crippen LogP contribution < -0.4 is 4.74 Å². The lowest BCUT2D eigenvalue weighted by Crippen LogP contribution is -2.12. The van der Waals surface area contributed by atoms with Gasteiger partial charge in [-0.3, -0.25) is 0 Å². The van der Waals surface area contributed by atoms with Crippen LogP contribution in [0.1, 0.15) is 0 Å². The van der Waals surface area contributed by atoms with E-state index >= 15 is 0 Å². The molecule has 4 heteroatoms. The summed E-state index contributed by atoms with van der Waals surface area (Å²) in [4.78, 5) is 14.2. The van der Waals surface area contributed by atoms with Crippen molar-refractivity contribution in [2.75, 3.05) is 6.61 Å². The van der Waals surface area contributed by atoms with Gasteiger partial charge < -0.3 is 9.84 Å². The molecule has 0 aliphatic rings. The molecule has 0 fully saturated rings. The Morgan fingerprint density at radius 2 is 2.45 bits per heavy atom. The van der Waals surface area contributed by atoms with Crippen molar-refractivity contribution in [3.63, 3.8) is 0 Å². The highest BCUT2D eigenvalue weighted by atomic mass is 16.6. The van der Waals surface area contributed by atoms with Crippen LogP contribution in [0.25, 0.3) is 0 Å². The molecular formula is C7H7NO3. The number of esters is 1. The van der Waals surface area contributed by atoms with E-state index in [-0.39, 0.29) is 5.88 Å². The fourth-order valence-corrected chi connectivity index (χ4v) is 0.556. The molecular weight excluding hydrogens is 146 g/mol. The van der Waals surface area contributed by atoms with E-state index < -0.39 is 12.6 Å². The number of pyridine rings is 1. The number of hydrogen-bond donors (Lipinski definition) is 1. The second-order valence-corrected chi connectivity index (χ2v) is 1.80. The van der Waals surface area contributed by atoms with Crippen LogP contribution in [0.3, 0.4) is 0 Å². The van der Waals surface area contributed by atoms with Crippen molar-refractivity contribution in [1.82, 2.24) is 4.98 Å². The molecule has 0 bridgehead atoms. The SMILES string of the molecule is O=C(CO)Oc1ccccn1. The number of carbonyl (C=O) groups is 1. The first-order valence-corrected chi connectivity index (χ1v) is 3.05. The van der Waals surface area contributed by atoms with Crippen molar-refractivity contribution < 1.29 is 14.6 Å². The monoisotopic (exact) mass is 153 g/mol. The number of carbonyl (C=O) groups excluding carboxylic acids is 1. The van der Waals surface area contributed by atoms with Crippen molar-refractivity contribution >= 4 is 5.97 Å². The fourth-order valence-electron chi connectivity index (χ4n) is 0.556. The standard InChI is InChI=1S/C7H7NO3/c9-5-7(10)11-6-3-1-2-4-8-6/h1-4,9H,5H2. The minimum absolute atomic E-state index is 0.201. The highest BCUT2D eigenvalue weighted by Crippen LogP contribution is 2.02. The molecule has 1 rings (SSSR count). The zero-order chi connectivity index (χ0) is 8.10. The van der Waals surface area contributed by atoms with Crippen LogP contribution in [0.2, 0.25) is 0 Å². The topological polar surface area (TPSA) is 59.4 Å². The number of ether oxygens (including phenoxy) is 1. The highest BCUT2D eigenvalue weighted by molar-refractivity contribution is 5.72. The Bertz CT molecular complexity index is 235. The predicted molar refractivity (Wildman–Crippen MR) is 37.0 cm³/mol. The molecule has 0 aliphatic carbocycles. The van der Waals surface area contributed by atoms with E-state index in [0.29, 0.717) is 0 Å². The van der Waals surface area contributed by atoms with E-state index in [1.165, 1.54) is 12.3 Å². The van der Waals surface area contributed by atoms with Crippen LogP contribution in [0, 0.1) is 0 Å². The lowest BCUT2D eigenvalue weighted by molar-refractivity contribution is -0.137. The van der Waals surface area contributed by atoms with Gasteiger partial charge in [0.05, 0.1) is 0 Å². The van der Waals surface area contributed by atoms with Gasteiger partial charge in [-0.1, -0.05) is 6.07 Å². The minimum atomic E-state index is -0.705. The Balaban J connectivity index is 2.58. The van der Waals surface area contributed by atoms with Gasteiger partial charge in [-0.25, -0.2) is 9.78 Å². The Labute approximate surface area is 63.5 Å². The summed E-state index contributed by atoms with van der Waals surface area (Å²) in [5, 5.41) is 8.29. The van der Waals surface area contributed by atoms with Crippen molar-refractivity contribution in [1.29, 1.82) is 0 Å². The van der Waals surface area contributed by atoms with Gasteiger partial charge >= 0.3 is 5.97 Å². The lowest BCUT2D eigenvalue weighted by Gasteiger charge is -1.98. The molecule has 0 spiro atoms. The van der Waals surface area contributed by atoms with Crippen LogP contribution in [-0.2, 0) is 4.79 Å². The van der Waals surface area contributed by atoms with E-state index in [1.54, 1.807) is 12.1 Å². The molecule has 1 N–H and O–H groups in total. The fraction of sp³-hybridized carbons (Fsp3) is 0.143. The Kier molecular flexibility index (Phi) is 2.57. The number of aliphatic hydroxyl groups is 1. The molecule has 0 saturated carbocycles. The van der Waals surface area contributed by atoms with Crippen molar-refractivity contribution in [3.05, 3.63) is 24.4 Å². The van der Waals surface area contributed by atoms with E-state index in [4.69, 9.17) is 5.11 Å². The summed E-state index contributed by atoms with van der Waals surface area (Å²) >= 11 is 0. The summed E-state index contributed by atoms with van der Waals surface area (Å²) < 4.78 is 4.56. The number of nitrogens with zero attached hydrogens (tertiary/aromatic N) is 1. The minimum Gasteiger partial charge on any atom is -0.406 e. The van der Waals surface area contributed by atoms with Crippen LogP contribution >= 0.6 is 0 Å². The Hall–Kier alpha value is -1.42. The van der Waals surface area contributed by atoms with Gasteiger partial charge in [-0.15, -0.1) is 0 Å². The van der Waals surface area contributed by atoms with Crippen LogP contribution in [-0.4, -0.2) is 22.7 Å². The van der Waals surface area contributed by atoms with Gasteiger partial charge in [0, 0.05) is 12.3 Å². The molecule has 58 valence electrons. The van der Waals surface area contributed by atoms with E-state index in [9.17, 15) is 4.79 Å². The molecule has 11 heavy (non-hydrogen) atoms. The third-order valence-corrected chi connectivity index (χ3v) is 0.985. The summed E-state index contributed by atoms with van der Waals surface area (Å²) in [5.41, 5.74) is 0. The van der Waals surface area contributed by atoms with Crippen molar-refractivity contribution in [2.45, 2.75) is 0 Å². The normalized spacial score (nSPS) is 9.18. The van der Waals surface area contributed by atoms with E-state index in [2.05, 4.69) is 9.72 Å². The maximum absolute atomic E-state index is 10.5. The van der Waals surface area contributed by atoms with Gasteiger partial charge in [0.15, 0.2) is 0 Å². The van der Waals surface area contributed by atoms with Gasteiger partial charge in [-0.05, 0) is 6.07 Å². The molecule has 4 nitrogen and oxygen atoms in total. The van der Waals surface area contributed by atoms with E-state index in [0.717, 1.165) is 0 Å². The first-order valence-electron chi connectivity index (χ1n) is 3.05. The Morgan fingerprint density at radius 3 is 3.00 bits per heavy atom. The maximum Gasteiger partial charge on any atom is 0.338 e. The number of aliphatic hydroxyl groups excluding tert-OH is 1. The maximum atomic E-state index is 10.5. The average Bonchev–Trinajstić information content (AvgIpc) is 2.06. The third kappa shape index (κ3) is 2.35. The lowest BCUT2D eigenvalue weighted by atomic mass is 10.5. The van der Waals surface area contributed by atoms with Gasteiger partial charge in [0.2, 0.25) is 5.88 Å². The zero-order valence-corrected chi connectivity index (χ0v) is 5.73. The molecule has 0 aromatic carbocycles. The number of rotatable bonds is 2. The predicted octanol–water partition coefficient (Wildman–Crippen LogP) is -0.0207. The van der Waals surface area contributed by atoms with Gasteiger partial charge in [0.25, 0.3) is 0 Å². The molecule has 0 saturated heterocycles. The van der Waals surface area contributed by atoms with Gasteiger partial charge in [-0.2, -0.15) is 0 Å². The number of hydrogen-bond acceptors (Lipinski definition) is 4. The summed E-state index contributed by atoms with van der Waals surface area (Å²) in [6.45, 7) is -0.628. The molecule has 0 atom stereocenters. The summed E-state index contributed by atoms with van der Waals surface area (Å²) in [7, 11) is 0. The smallest absolute Gasteiger partial charge is 0.338 e. The number of aromatic nitrogens is 1. The molecule has 0 unspecified atom stereocenters. The first-order chi connectivity index (χ1) is 5.33. The Morgan fingerprint density at radius 1 is 1.64 bits per heavy atom. The second-order valence-electron chi connectivity index (χ2n) is 1.80. The van der Waals surface area contributed by atoms with E-state index in [1.807, 2.05) is 0 Å². The van der Waals surface area contributed by atoms with Crippen LogP contribution in [0.15, 0.2) is 24.4 Å². The van der Waals surface area contributed by atoms with Crippen LogP contribution in [0.4, 0.5) is 0 Å². The molecule has 1 heterocycles. The van der Waals surface area contributed by atoms with Crippen molar-refractivity contribution in [3.8, 4) is 5.88 Å². The van der Waals surface area contributed by atoms with Crippen LogP contribution in [0.5, 0.6) is 5.88 Å². The second kappa shape index (κ2) is 3.68. The first kappa shape index (κ1) is 7.68. The summed E-state index contributed by atoms with van der Waals surface area (Å²) in [6.07, 6.45) is 1.50. The largest absolute Gasteiger partial charge is 0.406 e. The summed E-state index contributed by atoms with van der Waals surface area (Å²) in [6, 6.07) is 4.93. The molecule has 0 amide bonds. The summed E-state index contributed by atoms with van der Waals surface area (Å²) in [5.74, 6) is -0.504. The molecule has 0 aliphatic heterocycles. The zero-order valence-electron chi connectivity index (χ0n) is 5.73. The average molecular weight is 153 g/mol. The third-order valence-electron chi connectivity index (χ3n) is 0.985. The highest BCUT2D eigenvalue weighted by Gasteiger charge is 2.00. The molecule has 1 aromatic heterocycles.